The van der Waals surface area contributed by atoms with E-state index >= 15 is 0 Å². The number of amides is 1. The van der Waals surface area contributed by atoms with Crippen molar-refractivity contribution in [3.63, 3.8) is 0 Å². The van der Waals surface area contributed by atoms with Gasteiger partial charge in [-0.3, -0.25) is 19.9 Å². The number of non-ortho nitro benzene ring substituents is 1. The number of carbonyl (C=O) groups is 1. The molecule has 0 radical (unpaired) electrons. The van der Waals surface area contributed by atoms with Gasteiger partial charge in [-0.05, 0) is 55.0 Å². The Morgan fingerprint density at radius 3 is 2.69 bits per heavy atom. The quantitative estimate of drug-likeness (QED) is 0.133. The van der Waals surface area contributed by atoms with E-state index in [4.69, 9.17) is 16.3 Å². The molecule has 1 aromatic heterocycles. The van der Waals surface area contributed by atoms with Crippen LogP contribution in [0.3, 0.4) is 0 Å². The number of hydrogen-bond acceptors (Lipinski definition) is 7. The van der Waals surface area contributed by atoms with Gasteiger partial charge in [0.1, 0.15) is 11.5 Å². The summed E-state index contributed by atoms with van der Waals surface area (Å²) in [7, 11) is 0. The zero-order chi connectivity index (χ0) is 24.8. The molecule has 0 unspecified atom stereocenters. The van der Waals surface area contributed by atoms with Crippen molar-refractivity contribution in [3.8, 4) is 11.5 Å². The number of nitrogens with zero attached hydrogens (tertiary/aromatic N) is 3. The Morgan fingerprint density at radius 1 is 1.17 bits per heavy atom. The zero-order valence-electron chi connectivity index (χ0n) is 18.5. The molecule has 0 aliphatic carbocycles. The molecule has 0 spiro atoms. The van der Waals surface area contributed by atoms with Gasteiger partial charge in [0, 0.05) is 28.1 Å². The number of halogens is 1. The molecule has 0 aliphatic rings. The maximum Gasteiger partial charge on any atom is 0.271 e. The molecule has 10 heteroatoms. The van der Waals surface area contributed by atoms with Gasteiger partial charge in [-0.2, -0.15) is 5.10 Å². The van der Waals surface area contributed by atoms with E-state index in [1.807, 2.05) is 37.3 Å². The average molecular weight is 507 g/mol. The molecular formula is C25H19ClN4O4S. The summed E-state index contributed by atoms with van der Waals surface area (Å²) in [5, 5.41) is 16.0. The van der Waals surface area contributed by atoms with Gasteiger partial charge >= 0.3 is 0 Å². The third-order valence-corrected chi connectivity index (χ3v) is 6.15. The molecule has 1 amide bonds. The largest absolute Gasteiger partial charge is 0.456 e. The molecule has 8 nitrogen and oxygen atoms in total. The molecule has 1 heterocycles. The van der Waals surface area contributed by atoms with E-state index in [9.17, 15) is 14.9 Å². The summed E-state index contributed by atoms with van der Waals surface area (Å²) in [5.74, 6) is 0.796. The average Bonchev–Trinajstić information content (AvgIpc) is 2.84. The van der Waals surface area contributed by atoms with Crippen LogP contribution >= 0.6 is 23.4 Å². The second-order valence-corrected chi connectivity index (χ2v) is 8.83. The lowest BCUT2D eigenvalue weighted by atomic mass is 10.2. The lowest BCUT2D eigenvalue weighted by Crippen LogP contribution is -2.19. The van der Waals surface area contributed by atoms with Crippen molar-refractivity contribution in [2.45, 2.75) is 11.8 Å². The molecule has 3 aromatic carbocycles. The van der Waals surface area contributed by atoms with Crippen molar-refractivity contribution in [2.75, 3.05) is 5.75 Å². The number of rotatable bonds is 8. The highest BCUT2D eigenvalue weighted by molar-refractivity contribution is 8.00. The summed E-state index contributed by atoms with van der Waals surface area (Å²) >= 11 is 7.49. The standard InChI is InChI=1S/C25H19ClN4O4S/c1-16-12-24(20-4-2-3-5-22(20)28-16)35-15-25(31)29-27-14-17-6-9-19(10-7-17)34-23-11-8-18(30(32)33)13-21(23)26/h2-14H,15H2,1H3,(H,29,31)/b27-14+. The van der Waals surface area contributed by atoms with E-state index in [2.05, 4.69) is 15.5 Å². The molecule has 0 aliphatic heterocycles. The van der Waals surface area contributed by atoms with E-state index in [1.165, 1.54) is 36.2 Å². The van der Waals surface area contributed by atoms with Gasteiger partial charge in [-0.25, -0.2) is 5.43 Å². The summed E-state index contributed by atoms with van der Waals surface area (Å²) in [6, 6.07) is 20.7. The fourth-order valence-corrected chi connectivity index (χ4v) is 4.32. The number of fused-ring (bicyclic) bond motifs is 1. The molecule has 0 bridgehead atoms. The van der Waals surface area contributed by atoms with Gasteiger partial charge in [-0.15, -0.1) is 11.8 Å². The molecule has 1 N–H and O–H groups in total. The first kappa shape index (κ1) is 24.2. The summed E-state index contributed by atoms with van der Waals surface area (Å²) in [6.07, 6.45) is 1.52. The molecule has 0 fully saturated rings. The van der Waals surface area contributed by atoms with Crippen LogP contribution in [0.4, 0.5) is 5.69 Å². The monoisotopic (exact) mass is 506 g/mol. The smallest absolute Gasteiger partial charge is 0.271 e. The Morgan fingerprint density at radius 2 is 1.94 bits per heavy atom. The minimum absolute atomic E-state index is 0.112. The number of nitrogens with one attached hydrogen (secondary N) is 1. The van der Waals surface area contributed by atoms with E-state index in [0.717, 1.165) is 27.1 Å². The summed E-state index contributed by atoms with van der Waals surface area (Å²) in [4.78, 5) is 28.0. The van der Waals surface area contributed by atoms with E-state index in [0.29, 0.717) is 11.5 Å². The zero-order valence-corrected chi connectivity index (χ0v) is 20.0. The van der Waals surface area contributed by atoms with Gasteiger partial charge in [0.25, 0.3) is 5.69 Å². The predicted octanol–water partition coefficient (Wildman–Crippen LogP) is 6.14. The van der Waals surface area contributed by atoms with Crippen LogP contribution in [-0.2, 0) is 4.79 Å². The van der Waals surface area contributed by atoms with Crippen molar-refractivity contribution < 1.29 is 14.5 Å². The lowest BCUT2D eigenvalue weighted by molar-refractivity contribution is -0.384. The number of hydrazone groups is 1. The lowest BCUT2D eigenvalue weighted by Gasteiger charge is -2.07. The molecule has 4 rings (SSSR count). The number of ether oxygens (including phenoxy) is 1. The first-order valence-electron chi connectivity index (χ1n) is 10.4. The maximum absolute atomic E-state index is 12.2. The first-order valence-corrected chi connectivity index (χ1v) is 11.8. The Labute approximate surface area is 210 Å². The fourth-order valence-electron chi connectivity index (χ4n) is 3.18. The number of aryl methyl sites for hydroxylation is 1. The SMILES string of the molecule is Cc1cc(SCC(=O)N/N=C/c2ccc(Oc3ccc([N+](=O)[O-])cc3Cl)cc2)c2ccccc2n1. The highest BCUT2D eigenvalue weighted by atomic mass is 35.5. The number of thioether (sulfide) groups is 1. The molecule has 35 heavy (non-hydrogen) atoms. The summed E-state index contributed by atoms with van der Waals surface area (Å²) < 4.78 is 5.68. The van der Waals surface area contributed by atoms with E-state index in [1.54, 1.807) is 24.3 Å². The van der Waals surface area contributed by atoms with Crippen molar-refractivity contribution in [3.05, 3.63) is 99.2 Å². The summed E-state index contributed by atoms with van der Waals surface area (Å²) in [5.41, 5.74) is 4.96. The molecule has 0 saturated heterocycles. The van der Waals surface area contributed by atoms with Gasteiger partial charge in [0.15, 0.2) is 0 Å². The minimum Gasteiger partial charge on any atom is -0.456 e. The van der Waals surface area contributed by atoms with Crippen molar-refractivity contribution in [1.82, 2.24) is 10.4 Å². The van der Waals surface area contributed by atoms with Gasteiger partial charge in [0.05, 0.1) is 27.4 Å². The number of carbonyl (C=O) groups excluding carboxylic acids is 1. The van der Waals surface area contributed by atoms with E-state index < -0.39 is 4.92 Å². The number of aromatic nitrogens is 1. The van der Waals surface area contributed by atoms with Crippen LogP contribution in [0.5, 0.6) is 11.5 Å². The fraction of sp³-hybridized carbons (Fsp3) is 0.0800. The Kier molecular flexibility index (Phi) is 7.59. The summed E-state index contributed by atoms with van der Waals surface area (Å²) in [6.45, 7) is 1.93. The normalized spacial score (nSPS) is 11.0. The number of para-hydroxylation sites is 1. The minimum atomic E-state index is -0.524. The molecule has 4 aromatic rings. The Bertz CT molecular complexity index is 1430. The predicted molar refractivity (Wildman–Crippen MR) is 138 cm³/mol. The van der Waals surface area contributed by atoms with Crippen molar-refractivity contribution >= 4 is 52.1 Å². The van der Waals surface area contributed by atoms with Crippen molar-refractivity contribution in [1.29, 1.82) is 0 Å². The molecular weight excluding hydrogens is 488 g/mol. The Balaban J connectivity index is 1.30. The van der Waals surface area contributed by atoms with E-state index in [-0.39, 0.29) is 22.4 Å². The van der Waals surface area contributed by atoms with Crippen LogP contribution in [0.15, 0.2) is 82.8 Å². The molecule has 0 atom stereocenters. The van der Waals surface area contributed by atoms with Crippen LogP contribution in [0.2, 0.25) is 5.02 Å². The molecule has 176 valence electrons. The number of hydrogen-bond donors (Lipinski definition) is 1. The van der Waals surface area contributed by atoms with Crippen LogP contribution < -0.4 is 10.2 Å². The number of pyridine rings is 1. The maximum atomic E-state index is 12.2. The highest BCUT2D eigenvalue weighted by Gasteiger charge is 2.11. The first-order chi connectivity index (χ1) is 16.9. The third kappa shape index (κ3) is 6.34. The van der Waals surface area contributed by atoms with Gasteiger partial charge < -0.3 is 4.74 Å². The van der Waals surface area contributed by atoms with Gasteiger partial charge in [-0.1, -0.05) is 29.8 Å². The van der Waals surface area contributed by atoms with Crippen LogP contribution in [0.1, 0.15) is 11.3 Å². The topological polar surface area (TPSA) is 107 Å². The highest BCUT2D eigenvalue weighted by Crippen LogP contribution is 2.32. The van der Waals surface area contributed by atoms with Crippen molar-refractivity contribution in [2.24, 2.45) is 5.10 Å². The third-order valence-electron chi connectivity index (χ3n) is 4.80. The van der Waals surface area contributed by atoms with Crippen LogP contribution in [0.25, 0.3) is 10.9 Å². The Hall–Kier alpha value is -3.95. The second kappa shape index (κ2) is 11.0. The number of benzene rings is 3. The van der Waals surface area contributed by atoms with Crippen LogP contribution in [0, 0.1) is 17.0 Å². The number of nitro benzene ring substituents is 1. The molecule has 0 saturated carbocycles. The number of nitro groups is 1. The second-order valence-electron chi connectivity index (χ2n) is 7.40. The van der Waals surface area contributed by atoms with Gasteiger partial charge in [0.2, 0.25) is 5.91 Å². The van der Waals surface area contributed by atoms with Crippen LogP contribution in [-0.4, -0.2) is 27.8 Å².